The molecule has 1 aromatic heterocycles. The van der Waals surface area contributed by atoms with Gasteiger partial charge < -0.3 is 34.7 Å². The maximum absolute atomic E-state index is 15.3. The molecule has 9 nitrogen and oxygen atoms in total. The van der Waals surface area contributed by atoms with Gasteiger partial charge in [0.25, 0.3) is 0 Å². The summed E-state index contributed by atoms with van der Waals surface area (Å²) in [6.45, 7) is 4.27. The summed E-state index contributed by atoms with van der Waals surface area (Å²) in [7, 11) is 0. The number of ether oxygens (including phenoxy) is 2. The number of carbonyl (C=O) groups is 1. The van der Waals surface area contributed by atoms with Crippen LogP contribution in [0.25, 0.3) is 10.9 Å². The van der Waals surface area contributed by atoms with Gasteiger partial charge in [0, 0.05) is 55.1 Å². The highest BCUT2D eigenvalue weighted by Gasteiger charge is 2.26. The normalized spacial score (nSPS) is 14.9. The molecule has 0 bridgehead atoms. The number of carboxylic acids is 1. The minimum absolute atomic E-state index is 0.0377. The number of nitrogens with zero attached hydrogens (tertiary/aromatic N) is 2. The van der Waals surface area contributed by atoms with Gasteiger partial charge in [0.05, 0.1) is 11.2 Å². The van der Waals surface area contributed by atoms with Crippen molar-refractivity contribution in [1.82, 2.24) is 9.88 Å². The van der Waals surface area contributed by atoms with E-state index in [-0.39, 0.29) is 12.2 Å². The van der Waals surface area contributed by atoms with Crippen LogP contribution < -0.4 is 25.1 Å². The highest BCUT2D eigenvalue weighted by Crippen LogP contribution is 2.35. The van der Waals surface area contributed by atoms with Crippen LogP contribution in [0, 0.1) is 5.82 Å². The van der Waals surface area contributed by atoms with Crippen molar-refractivity contribution in [1.29, 1.82) is 0 Å². The van der Waals surface area contributed by atoms with Crippen LogP contribution in [0.4, 0.5) is 15.8 Å². The van der Waals surface area contributed by atoms with Gasteiger partial charge in [-0.25, -0.2) is 9.18 Å². The third-order valence-corrected chi connectivity index (χ3v) is 6.66. The van der Waals surface area contributed by atoms with Gasteiger partial charge in [0.15, 0.2) is 16.6 Å². The first-order chi connectivity index (χ1) is 16.9. The van der Waals surface area contributed by atoms with E-state index in [0.717, 1.165) is 11.8 Å². The molecule has 35 heavy (non-hydrogen) atoms. The fourth-order valence-electron chi connectivity index (χ4n) is 4.55. The number of carboxylic acid groups (broad SMARTS) is 1. The number of fused-ring (bicyclic) bond motifs is 2. The summed E-state index contributed by atoms with van der Waals surface area (Å²) in [5.41, 5.74) is 1.21. The Morgan fingerprint density at radius 1 is 1.20 bits per heavy atom. The highest BCUT2D eigenvalue weighted by atomic mass is 32.1. The standard InChI is InChI=1S/C24H23FN4O5S/c1-2-14-20-15(22(30)16(11-26-20)23(31)32)10-17(25)21(14)28-5-7-29(8-6-28)24(35)27-13-3-4-18-19(9-13)34-12-33-18/h3-4,9-11H,2,5-8,12H2,1H3,(H,26,30)(H,27,35)(H,31,32). The van der Waals surface area contributed by atoms with Gasteiger partial charge >= 0.3 is 5.97 Å². The molecule has 3 heterocycles. The Balaban J connectivity index is 1.34. The largest absolute Gasteiger partial charge is 0.477 e. The van der Waals surface area contributed by atoms with Crippen LogP contribution >= 0.6 is 12.2 Å². The minimum atomic E-state index is -1.35. The van der Waals surface area contributed by atoms with Crippen LogP contribution in [0.15, 0.2) is 35.3 Å². The molecule has 0 radical (unpaired) electrons. The average molecular weight is 499 g/mol. The number of hydrogen-bond acceptors (Lipinski definition) is 6. The second-order valence-electron chi connectivity index (χ2n) is 8.27. The van der Waals surface area contributed by atoms with Crippen LogP contribution in [0.1, 0.15) is 22.8 Å². The van der Waals surface area contributed by atoms with E-state index in [9.17, 15) is 14.7 Å². The second-order valence-corrected chi connectivity index (χ2v) is 8.66. The number of rotatable bonds is 4. The molecule has 0 unspecified atom stereocenters. The molecule has 0 atom stereocenters. The van der Waals surface area contributed by atoms with E-state index in [4.69, 9.17) is 21.7 Å². The lowest BCUT2D eigenvalue weighted by molar-refractivity contribution is 0.0695. The third-order valence-electron chi connectivity index (χ3n) is 6.30. The van der Waals surface area contributed by atoms with Crippen molar-refractivity contribution in [2.75, 3.05) is 43.2 Å². The Labute approximate surface area is 205 Å². The summed E-state index contributed by atoms with van der Waals surface area (Å²) >= 11 is 5.59. The molecule has 2 aromatic carbocycles. The number of piperazine rings is 1. The average Bonchev–Trinajstić information content (AvgIpc) is 3.31. The lowest BCUT2D eigenvalue weighted by Crippen LogP contribution is -2.50. The topological polar surface area (TPSA) is 107 Å². The molecule has 3 aromatic rings. The smallest absolute Gasteiger partial charge is 0.341 e. The molecule has 182 valence electrons. The van der Waals surface area contributed by atoms with Crippen LogP contribution in [-0.4, -0.2) is 59.0 Å². The van der Waals surface area contributed by atoms with Gasteiger partial charge in [0.1, 0.15) is 11.4 Å². The molecule has 5 rings (SSSR count). The minimum Gasteiger partial charge on any atom is -0.477 e. The summed E-state index contributed by atoms with van der Waals surface area (Å²) in [5.74, 6) is -0.538. The fraction of sp³-hybridized carbons (Fsp3) is 0.292. The Morgan fingerprint density at radius 2 is 1.94 bits per heavy atom. The van der Waals surface area contributed by atoms with Gasteiger partial charge in [-0.3, -0.25) is 4.79 Å². The zero-order chi connectivity index (χ0) is 24.7. The molecule has 3 N–H and O–H groups in total. The van der Waals surface area contributed by atoms with Crippen LogP contribution in [0.2, 0.25) is 0 Å². The first kappa shape index (κ1) is 22.9. The van der Waals surface area contributed by atoms with E-state index < -0.39 is 22.8 Å². The summed E-state index contributed by atoms with van der Waals surface area (Å²) in [6, 6.07) is 6.65. The number of H-pyrrole nitrogens is 1. The zero-order valence-corrected chi connectivity index (χ0v) is 19.7. The van der Waals surface area contributed by atoms with Crippen molar-refractivity contribution in [3.8, 4) is 11.5 Å². The molecule has 0 spiro atoms. The van der Waals surface area contributed by atoms with Crippen molar-refractivity contribution >= 4 is 45.6 Å². The molecular weight excluding hydrogens is 475 g/mol. The number of halogens is 1. The highest BCUT2D eigenvalue weighted by molar-refractivity contribution is 7.80. The summed E-state index contributed by atoms with van der Waals surface area (Å²) in [5, 5.41) is 13.0. The zero-order valence-electron chi connectivity index (χ0n) is 18.9. The molecule has 0 amide bonds. The van der Waals surface area contributed by atoms with E-state index in [1.807, 2.05) is 34.9 Å². The summed E-state index contributed by atoms with van der Waals surface area (Å²) in [4.78, 5) is 30.8. The number of benzene rings is 2. The van der Waals surface area contributed by atoms with E-state index >= 15 is 4.39 Å². The maximum atomic E-state index is 15.3. The van der Waals surface area contributed by atoms with Crippen LogP contribution in [0.3, 0.4) is 0 Å². The van der Waals surface area contributed by atoms with E-state index in [0.29, 0.717) is 66.0 Å². The Hall–Kier alpha value is -3.86. The van der Waals surface area contributed by atoms with Crippen molar-refractivity contribution in [3.63, 3.8) is 0 Å². The SMILES string of the molecule is CCc1c(N2CCN(C(=S)Nc3ccc4c(c3)OCO4)CC2)c(F)cc2c(=O)c(C(=O)O)c[nH]c12. The quantitative estimate of drug-likeness (QED) is 0.468. The van der Waals surface area contributed by atoms with Crippen LogP contribution in [-0.2, 0) is 6.42 Å². The lowest BCUT2D eigenvalue weighted by atomic mass is 10.0. The number of aromatic amines is 1. The van der Waals surface area contributed by atoms with Crippen molar-refractivity contribution in [2.45, 2.75) is 13.3 Å². The Bertz CT molecular complexity index is 1400. The predicted octanol–water partition coefficient (Wildman–Crippen LogP) is 3.18. The monoisotopic (exact) mass is 498 g/mol. The maximum Gasteiger partial charge on any atom is 0.341 e. The van der Waals surface area contributed by atoms with Gasteiger partial charge in [-0.1, -0.05) is 6.92 Å². The second kappa shape index (κ2) is 9.06. The Morgan fingerprint density at radius 3 is 2.66 bits per heavy atom. The fourth-order valence-corrected chi connectivity index (χ4v) is 4.85. The number of nitrogens with one attached hydrogen (secondary N) is 2. The first-order valence-electron chi connectivity index (χ1n) is 11.2. The third kappa shape index (κ3) is 4.12. The molecule has 1 fully saturated rings. The number of hydrogen-bond donors (Lipinski definition) is 3. The molecule has 1 saturated heterocycles. The lowest BCUT2D eigenvalue weighted by Gasteiger charge is -2.38. The number of anilines is 2. The van der Waals surface area contributed by atoms with E-state index in [2.05, 4.69) is 10.3 Å². The molecule has 0 saturated carbocycles. The van der Waals surface area contributed by atoms with Crippen molar-refractivity contribution in [2.24, 2.45) is 0 Å². The van der Waals surface area contributed by atoms with Gasteiger partial charge in [-0.2, -0.15) is 0 Å². The number of pyridine rings is 1. The van der Waals surface area contributed by atoms with Gasteiger partial charge in [0.2, 0.25) is 12.2 Å². The van der Waals surface area contributed by atoms with Gasteiger partial charge in [-0.05, 0) is 36.8 Å². The number of aryl methyl sites for hydroxylation is 1. The Kier molecular flexibility index (Phi) is 5.93. The van der Waals surface area contributed by atoms with Crippen molar-refractivity contribution in [3.05, 3.63) is 57.6 Å². The van der Waals surface area contributed by atoms with Crippen LogP contribution in [0.5, 0.6) is 11.5 Å². The summed E-state index contributed by atoms with van der Waals surface area (Å²) < 4.78 is 26.0. The van der Waals surface area contributed by atoms with Gasteiger partial charge in [-0.15, -0.1) is 0 Å². The number of thiocarbonyl (C=S) groups is 1. The molecule has 0 aliphatic carbocycles. The van der Waals surface area contributed by atoms with E-state index in [1.165, 1.54) is 6.20 Å². The molecule has 2 aliphatic heterocycles. The first-order valence-corrected chi connectivity index (χ1v) is 11.6. The predicted molar refractivity (Wildman–Crippen MR) is 133 cm³/mol. The molecule has 11 heteroatoms. The number of aromatic carboxylic acids is 1. The molecular formula is C24H23FN4O5S. The molecule has 2 aliphatic rings. The van der Waals surface area contributed by atoms with E-state index in [1.54, 1.807) is 0 Å². The van der Waals surface area contributed by atoms with Crippen molar-refractivity contribution < 1.29 is 23.8 Å². The summed E-state index contributed by atoms with van der Waals surface area (Å²) in [6.07, 6.45) is 1.64. The number of aromatic nitrogens is 1.